The van der Waals surface area contributed by atoms with Crippen LogP contribution in [0.15, 0.2) is 42.5 Å². The van der Waals surface area contributed by atoms with Crippen LogP contribution in [0.2, 0.25) is 10.0 Å². The van der Waals surface area contributed by atoms with Crippen LogP contribution in [0, 0.1) is 19.8 Å². The van der Waals surface area contributed by atoms with Gasteiger partial charge in [0.1, 0.15) is 13.2 Å². The van der Waals surface area contributed by atoms with Crippen molar-refractivity contribution in [1.29, 1.82) is 0 Å². The molecule has 0 spiro atoms. The van der Waals surface area contributed by atoms with Crippen molar-refractivity contribution in [2.24, 2.45) is 5.92 Å². The van der Waals surface area contributed by atoms with Gasteiger partial charge in [-0.2, -0.15) is 0 Å². The van der Waals surface area contributed by atoms with Crippen LogP contribution in [-0.4, -0.2) is 48.6 Å². The Labute approximate surface area is 223 Å². The zero-order chi connectivity index (χ0) is 26.3. The number of Topliss-reactive ketones (excluding diaryl/α,β-unsaturated/α-hetero) is 1. The van der Waals surface area contributed by atoms with Crippen LogP contribution in [0.25, 0.3) is 5.69 Å². The van der Waals surface area contributed by atoms with Crippen LogP contribution in [-0.2, 0) is 14.3 Å². The van der Waals surface area contributed by atoms with Crippen molar-refractivity contribution in [2.75, 3.05) is 31.3 Å². The smallest absolute Gasteiger partial charge is 0.311 e. The number of hydrogen-bond acceptors (Lipinski definition) is 6. The molecule has 2 aliphatic heterocycles. The van der Waals surface area contributed by atoms with Gasteiger partial charge in [-0.1, -0.05) is 23.2 Å². The van der Waals surface area contributed by atoms with Crippen molar-refractivity contribution in [2.45, 2.75) is 20.3 Å². The summed E-state index contributed by atoms with van der Waals surface area (Å²) in [5.41, 5.74) is 3.34. The molecule has 0 N–H and O–H groups in total. The van der Waals surface area contributed by atoms with Crippen molar-refractivity contribution in [3.8, 4) is 17.2 Å². The molecule has 0 saturated carbocycles. The number of halogens is 2. The average Bonchev–Trinajstić information content (AvgIpc) is 3.42. The molecule has 1 amide bonds. The molecule has 0 unspecified atom stereocenters. The molecule has 37 heavy (non-hydrogen) atoms. The molecule has 1 atom stereocenters. The Hall–Kier alpha value is -3.49. The molecule has 1 fully saturated rings. The topological polar surface area (TPSA) is 87.1 Å². The molecule has 192 valence electrons. The first-order valence-electron chi connectivity index (χ1n) is 11.8. The minimum atomic E-state index is -0.669. The first-order valence-corrected chi connectivity index (χ1v) is 12.5. The van der Waals surface area contributed by atoms with E-state index in [-0.39, 0.29) is 24.7 Å². The Balaban J connectivity index is 1.24. The molecule has 2 aliphatic rings. The maximum atomic E-state index is 12.9. The molecule has 0 radical (unpaired) electrons. The lowest BCUT2D eigenvalue weighted by atomic mass is 10.1. The Morgan fingerprint density at radius 2 is 1.70 bits per heavy atom. The Kier molecular flexibility index (Phi) is 6.88. The van der Waals surface area contributed by atoms with Crippen LogP contribution in [0.1, 0.15) is 28.2 Å². The average molecular weight is 543 g/mol. The summed E-state index contributed by atoms with van der Waals surface area (Å²) < 4.78 is 18.4. The molecule has 2 aromatic carbocycles. The number of anilines is 1. The van der Waals surface area contributed by atoms with E-state index < -0.39 is 18.5 Å². The van der Waals surface area contributed by atoms with E-state index in [1.807, 2.05) is 24.5 Å². The number of aromatic nitrogens is 1. The summed E-state index contributed by atoms with van der Waals surface area (Å²) >= 11 is 12.2. The van der Waals surface area contributed by atoms with Gasteiger partial charge in [0.2, 0.25) is 11.7 Å². The van der Waals surface area contributed by atoms with E-state index >= 15 is 0 Å². The maximum absolute atomic E-state index is 12.9. The third kappa shape index (κ3) is 4.91. The zero-order valence-corrected chi connectivity index (χ0v) is 21.8. The van der Waals surface area contributed by atoms with Crippen LogP contribution >= 0.6 is 23.2 Å². The minimum absolute atomic E-state index is 0.00725. The summed E-state index contributed by atoms with van der Waals surface area (Å²) in [6.07, 6.45) is 0.00725. The molecular formula is C27H24Cl2N2O6. The van der Waals surface area contributed by atoms with Gasteiger partial charge < -0.3 is 23.7 Å². The van der Waals surface area contributed by atoms with Crippen LogP contribution in [0.3, 0.4) is 0 Å². The summed E-state index contributed by atoms with van der Waals surface area (Å²) in [6.45, 7) is 4.33. The lowest BCUT2D eigenvalue weighted by Gasteiger charge is -2.22. The van der Waals surface area contributed by atoms with E-state index in [2.05, 4.69) is 0 Å². The number of carbonyl (C=O) groups excluding carboxylic acids is 3. The Morgan fingerprint density at radius 3 is 2.46 bits per heavy atom. The van der Waals surface area contributed by atoms with Gasteiger partial charge in [-0.25, -0.2) is 0 Å². The van der Waals surface area contributed by atoms with E-state index in [9.17, 15) is 14.4 Å². The van der Waals surface area contributed by atoms with E-state index in [1.54, 1.807) is 36.4 Å². The normalized spacial score (nSPS) is 16.7. The molecule has 5 rings (SSSR count). The van der Waals surface area contributed by atoms with Crippen molar-refractivity contribution >= 4 is 46.5 Å². The monoisotopic (exact) mass is 542 g/mol. The number of rotatable bonds is 6. The van der Waals surface area contributed by atoms with Gasteiger partial charge in [0.15, 0.2) is 18.1 Å². The van der Waals surface area contributed by atoms with Gasteiger partial charge in [-0.15, -0.1) is 0 Å². The van der Waals surface area contributed by atoms with Crippen LogP contribution in [0.4, 0.5) is 5.69 Å². The maximum Gasteiger partial charge on any atom is 0.311 e. The fourth-order valence-electron chi connectivity index (χ4n) is 4.71. The lowest BCUT2D eigenvalue weighted by Crippen LogP contribution is -2.27. The highest BCUT2D eigenvalue weighted by molar-refractivity contribution is 6.42. The molecule has 3 aromatic rings. The summed E-state index contributed by atoms with van der Waals surface area (Å²) in [5, 5.41) is 0.846. The molecule has 0 aliphatic carbocycles. The number of ether oxygens (including phenoxy) is 3. The number of ketones is 1. The standard InChI is InChI=1S/C27H24Cl2N2O6/c1-15-9-20(16(2)31(15)19-3-5-21(28)22(29)11-19)23(32)14-37-27(34)17-10-26(33)30(13-17)18-4-6-24-25(12-18)36-8-7-35-24/h3-6,9,11-12,17H,7-8,10,13-14H2,1-2H3/t17-/m1/s1. The third-order valence-corrected chi connectivity index (χ3v) is 7.27. The molecule has 10 heteroatoms. The molecular weight excluding hydrogens is 519 g/mol. The number of hydrogen-bond donors (Lipinski definition) is 0. The fraction of sp³-hybridized carbons (Fsp3) is 0.296. The highest BCUT2D eigenvalue weighted by Crippen LogP contribution is 2.36. The SMILES string of the molecule is Cc1cc(C(=O)COC(=O)[C@@H]2CC(=O)N(c3ccc4c(c3)OCCO4)C2)c(C)n1-c1ccc(Cl)c(Cl)c1. The molecule has 0 bridgehead atoms. The van der Waals surface area contributed by atoms with Crippen molar-refractivity contribution < 1.29 is 28.6 Å². The van der Waals surface area contributed by atoms with Gasteiger partial charge in [0.25, 0.3) is 0 Å². The van der Waals surface area contributed by atoms with E-state index in [0.29, 0.717) is 51.7 Å². The first-order chi connectivity index (χ1) is 17.7. The quantitative estimate of drug-likeness (QED) is 0.323. The number of esters is 1. The predicted octanol–water partition coefficient (Wildman–Crippen LogP) is 4.95. The first kappa shape index (κ1) is 25.2. The zero-order valence-electron chi connectivity index (χ0n) is 20.3. The summed E-state index contributed by atoms with van der Waals surface area (Å²) in [6, 6.07) is 12.2. The second-order valence-corrected chi connectivity index (χ2v) is 9.80. The van der Waals surface area contributed by atoms with Gasteiger partial charge >= 0.3 is 5.97 Å². The lowest BCUT2D eigenvalue weighted by molar-refractivity contribution is -0.147. The van der Waals surface area contributed by atoms with Crippen molar-refractivity contribution in [3.63, 3.8) is 0 Å². The van der Waals surface area contributed by atoms with E-state index in [1.165, 1.54) is 4.90 Å². The summed E-state index contributed by atoms with van der Waals surface area (Å²) in [7, 11) is 0. The van der Waals surface area contributed by atoms with Crippen LogP contribution in [0.5, 0.6) is 11.5 Å². The predicted molar refractivity (Wildman–Crippen MR) is 138 cm³/mol. The minimum Gasteiger partial charge on any atom is -0.486 e. The second-order valence-electron chi connectivity index (χ2n) is 8.98. The van der Waals surface area contributed by atoms with Gasteiger partial charge in [0, 0.05) is 47.4 Å². The van der Waals surface area contributed by atoms with E-state index in [4.69, 9.17) is 37.4 Å². The Morgan fingerprint density at radius 1 is 0.973 bits per heavy atom. The number of carbonyl (C=O) groups is 3. The van der Waals surface area contributed by atoms with Gasteiger partial charge in [0.05, 0.1) is 16.0 Å². The molecule has 1 saturated heterocycles. The Bertz CT molecular complexity index is 1420. The number of aryl methyl sites for hydroxylation is 1. The highest BCUT2D eigenvalue weighted by Gasteiger charge is 2.37. The second kappa shape index (κ2) is 10.1. The summed E-state index contributed by atoms with van der Waals surface area (Å²) in [4.78, 5) is 39.9. The van der Waals surface area contributed by atoms with Crippen molar-refractivity contribution in [1.82, 2.24) is 4.57 Å². The van der Waals surface area contributed by atoms with Gasteiger partial charge in [-0.3, -0.25) is 14.4 Å². The van der Waals surface area contributed by atoms with E-state index in [0.717, 1.165) is 11.4 Å². The van der Waals surface area contributed by atoms with Gasteiger partial charge in [-0.05, 0) is 50.2 Å². The van der Waals surface area contributed by atoms with Crippen molar-refractivity contribution in [3.05, 3.63) is 69.5 Å². The third-order valence-electron chi connectivity index (χ3n) is 6.53. The highest BCUT2D eigenvalue weighted by atomic mass is 35.5. The van der Waals surface area contributed by atoms with Crippen LogP contribution < -0.4 is 14.4 Å². The largest absolute Gasteiger partial charge is 0.486 e. The number of fused-ring (bicyclic) bond motifs is 1. The molecule has 1 aromatic heterocycles. The molecule has 8 nitrogen and oxygen atoms in total. The number of nitrogens with zero attached hydrogens (tertiary/aromatic N) is 2. The number of benzene rings is 2. The molecule has 3 heterocycles. The summed E-state index contributed by atoms with van der Waals surface area (Å²) in [5.74, 6) is -0.602. The number of amides is 1. The fourth-order valence-corrected chi connectivity index (χ4v) is 5.01.